The lowest BCUT2D eigenvalue weighted by Crippen LogP contribution is -2.32. The molecular weight excluding hydrogens is 394 g/mol. The summed E-state index contributed by atoms with van der Waals surface area (Å²) in [6.45, 7) is -1.13. The minimum atomic E-state index is -2.96. The molecule has 1 amide bonds. The number of benzene rings is 1. The molecule has 2 aromatic heterocycles. The van der Waals surface area contributed by atoms with E-state index in [-0.39, 0.29) is 17.4 Å². The first-order chi connectivity index (χ1) is 14.5. The molecule has 0 spiro atoms. The maximum absolute atomic E-state index is 13.0. The van der Waals surface area contributed by atoms with Gasteiger partial charge in [-0.05, 0) is 55.0 Å². The fourth-order valence-electron chi connectivity index (χ4n) is 2.88. The van der Waals surface area contributed by atoms with Crippen LogP contribution in [0.2, 0.25) is 0 Å². The molecule has 6 nitrogen and oxygen atoms in total. The van der Waals surface area contributed by atoms with Gasteiger partial charge in [-0.25, -0.2) is 4.98 Å². The molecule has 1 unspecified atom stereocenters. The van der Waals surface area contributed by atoms with Crippen molar-refractivity contribution in [3.8, 4) is 11.5 Å². The number of hydrogen-bond donors (Lipinski definition) is 0. The molecule has 1 atom stereocenters. The van der Waals surface area contributed by atoms with Crippen molar-refractivity contribution in [3.63, 3.8) is 0 Å². The van der Waals surface area contributed by atoms with Gasteiger partial charge in [-0.15, -0.1) is 0 Å². The largest absolute Gasteiger partial charge is 0.493 e. The molecule has 0 saturated heterocycles. The van der Waals surface area contributed by atoms with Crippen molar-refractivity contribution in [3.05, 3.63) is 78.4 Å². The third-order valence-electron chi connectivity index (χ3n) is 4.30. The Morgan fingerprint density at radius 2 is 2.00 bits per heavy atom. The van der Waals surface area contributed by atoms with E-state index in [1.165, 1.54) is 36.5 Å². The van der Waals surface area contributed by atoms with Crippen LogP contribution in [0.25, 0.3) is 6.08 Å². The minimum absolute atomic E-state index is 0.0856. The summed E-state index contributed by atoms with van der Waals surface area (Å²) in [7, 11) is 1.35. The van der Waals surface area contributed by atoms with Crippen LogP contribution >= 0.6 is 0 Å². The number of carbonyl (C=O) groups is 1. The Bertz CT molecular complexity index is 992. The van der Waals surface area contributed by atoms with Gasteiger partial charge in [-0.3, -0.25) is 9.69 Å². The molecular formula is C22H20F2N2O4. The number of hydrogen-bond acceptors (Lipinski definition) is 5. The lowest BCUT2D eigenvalue weighted by Gasteiger charge is -2.25. The SMILES string of the molecule is COc1cc(C=CC(=O)N(c2ccccn2)C(C)c2ccco2)ccc1OC(F)F. The van der Waals surface area contributed by atoms with E-state index in [1.807, 2.05) is 6.92 Å². The molecule has 8 heteroatoms. The van der Waals surface area contributed by atoms with E-state index in [0.29, 0.717) is 17.1 Å². The number of pyridine rings is 1. The van der Waals surface area contributed by atoms with Crippen molar-refractivity contribution in [2.24, 2.45) is 0 Å². The van der Waals surface area contributed by atoms with Gasteiger partial charge in [0.15, 0.2) is 11.5 Å². The normalized spacial score (nSPS) is 12.2. The van der Waals surface area contributed by atoms with Gasteiger partial charge in [-0.1, -0.05) is 12.1 Å². The van der Waals surface area contributed by atoms with E-state index >= 15 is 0 Å². The van der Waals surface area contributed by atoms with E-state index in [1.54, 1.807) is 48.7 Å². The summed E-state index contributed by atoms with van der Waals surface area (Å²) in [5, 5.41) is 0. The van der Waals surface area contributed by atoms with E-state index in [9.17, 15) is 13.6 Å². The second-order valence-corrected chi connectivity index (χ2v) is 6.21. The molecule has 30 heavy (non-hydrogen) atoms. The zero-order valence-electron chi connectivity index (χ0n) is 16.4. The third kappa shape index (κ3) is 5.02. The minimum Gasteiger partial charge on any atom is -0.493 e. The molecule has 0 saturated carbocycles. The van der Waals surface area contributed by atoms with Crippen molar-refractivity contribution in [1.29, 1.82) is 0 Å². The molecule has 0 fully saturated rings. The summed E-state index contributed by atoms with van der Waals surface area (Å²) in [5.41, 5.74) is 0.577. The van der Waals surface area contributed by atoms with Crippen molar-refractivity contribution < 1.29 is 27.5 Å². The standard InChI is InChI=1S/C22H20F2N2O4/c1-15(17-6-5-13-29-17)26(20-7-3-4-12-25-20)21(27)11-9-16-8-10-18(30-22(23)24)19(14-16)28-2/h3-15,22H,1-2H3. The molecule has 0 aliphatic heterocycles. The Balaban J connectivity index is 1.86. The number of furan rings is 1. The van der Waals surface area contributed by atoms with Gasteiger partial charge in [0, 0.05) is 12.3 Å². The van der Waals surface area contributed by atoms with Gasteiger partial charge >= 0.3 is 6.61 Å². The smallest absolute Gasteiger partial charge is 0.387 e. The third-order valence-corrected chi connectivity index (χ3v) is 4.30. The number of ether oxygens (including phenoxy) is 2. The van der Waals surface area contributed by atoms with Crippen LogP contribution in [0.3, 0.4) is 0 Å². The molecule has 0 radical (unpaired) electrons. The average Bonchev–Trinajstić information content (AvgIpc) is 3.28. The zero-order valence-corrected chi connectivity index (χ0v) is 16.4. The average molecular weight is 414 g/mol. The van der Waals surface area contributed by atoms with Gasteiger partial charge in [0.05, 0.1) is 19.4 Å². The highest BCUT2D eigenvalue weighted by Gasteiger charge is 2.24. The first kappa shape index (κ1) is 21.0. The molecule has 156 valence electrons. The Labute approximate surface area is 172 Å². The second kappa shape index (κ2) is 9.69. The number of halogens is 2. The summed E-state index contributed by atoms with van der Waals surface area (Å²) in [6.07, 6.45) is 6.07. The summed E-state index contributed by atoms with van der Waals surface area (Å²) < 4.78 is 39.9. The maximum Gasteiger partial charge on any atom is 0.387 e. The lowest BCUT2D eigenvalue weighted by molar-refractivity contribution is -0.114. The molecule has 3 aromatic rings. The first-order valence-electron chi connectivity index (χ1n) is 9.08. The summed E-state index contributed by atoms with van der Waals surface area (Å²) in [5.74, 6) is 0.796. The topological polar surface area (TPSA) is 64.8 Å². The Kier molecular flexibility index (Phi) is 6.79. The fourth-order valence-corrected chi connectivity index (χ4v) is 2.88. The molecule has 0 aliphatic carbocycles. The highest BCUT2D eigenvalue weighted by molar-refractivity contribution is 6.03. The number of methoxy groups -OCH3 is 1. The summed E-state index contributed by atoms with van der Waals surface area (Å²) in [6, 6.07) is 12.8. The Morgan fingerprint density at radius 1 is 1.17 bits per heavy atom. The van der Waals surface area contributed by atoms with Crippen LogP contribution in [-0.2, 0) is 4.79 Å². The van der Waals surface area contributed by atoms with E-state index in [0.717, 1.165) is 0 Å². The Morgan fingerprint density at radius 3 is 2.63 bits per heavy atom. The van der Waals surface area contributed by atoms with E-state index < -0.39 is 12.7 Å². The van der Waals surface area contributed by atoms with Gasteiger partial charge in [0.1, 0.15) is 11.6 Å². The van der Waals surface area contributed by atoms with Crippen molar-refractivity contribution in [2.45, 2.75) is 19.6 Å². The van der Waals surface area contributed by atoms with Crippen LogP contribution in [0.1, 0.15) is 24.3 Å². The van der Waals surface area contributed by atoms with E-state index in [2.05, 4.69) is 9.72 Å². The van der Waals surface area contributed by atoms with Crippen LogP contribution in [0.4, 0.5) is 14.6 Å². The maximum atomic E-state index is 13.0. The van der Waals surface area contributed by atoms with Gasteiger partial charge in [-0.2, -0.15) is 8.78 Å². The van der Waals surface area contributed by atoms with Crippen molar-refractivity contribution in [1.82, 2.24) is 4.98 Å². The molecule has 0 N–H and O–H groups in total. The van der Waals surface area contributed by atoms with Gasteiger partial charge in [0.25, 0.3) is 5.91 Å². The number of aromatic nitrogens is 1. The second-order valence-electron chi connectivity index (χ2n) is 6.21. The van der Waals surface area contributed by atoms with Crippen LogP contribution in [0, 0.1) is 0 Å². The predicted octanol–water partition coefficient (Wildman–Crippen LogP) is 5.09. The van der Waals surface area contributed by atoms with E-state index in [4.69, 9.17) is 9.15 Å². The molecule has 2 heterocycles. The highest BCUT2D eigenvalue weighted by atomic mass is 19.3. The fraction of sp³-hybridized carbons (Fsp3) is 0.182. The first-order valence-corrected chi connectivity index (χ1v) is 9.08. The number of rotatable bonds is 8. The van der Waals surface area contributed by atoms with Crippen LogP contribution < -0.4 is 14.4 Å². The monoisotopic (exact) mass is 414 g/mol. The summed E-state index contributed by atoms with van der Waals surface area (Å²) >= 11 is 0. The molecule has 0 bridgehead atoms. The number of anilines is 1. The Hall–Kier alpha value is -3.68. The molecule has 3 rings (SSSR count). The predicted molar refractivity (Wildman–Crippen MR) is 108 cm³/mol. The van der Waals surface area contributed by atoms with Crippen LogP contribution in [0.5, 0.6) is 11.5 Å². The molecule has 0 aliphatic rings. The van der Waals surface area contributed by atoms with Crippen LogP contribution in [0.15, 0.2) is 71.5 Å². The zero-order chi connectivity index (χ0) is 21.5. The quantitative estimate of drug-likeness (QED) is 0.480. The summed E-state index contributed by atoms with van der Waals surface area (Å²) in [4.78, 5) is 18.8. The highest BCUT2D eigenvalue weighted by Crippen LogP contribution is 2.30. The van der Waals surface area contributed by atoms with Crippen LogP contribution in [-0.4, -0.2) is 24.6 Å². The van der Waals surface area contributed by atoms with Gasteiger partial charge in [0.2, 0.25) is 0 Å². The number of alkyl halides is 2. The van der Waals surface area contributed by atoms with Gasteiger partial charge < -0.3 is 13.9 Å². The van der Waals surface area contributed by atoms with Crippen molar-refractivity contribution >= 4 is 17.8 Å². The molecule has 1 aromatic carbocycles. The van der Waals surface area contributed by atoms with Crippen molar-refractivity contribution in [2.75, 3.05) is 12.0 Å². The number of carbonyl (C=O) groups excluding carboxylic acids is 1. The number of amides is 1. The lowest BCUT2D eigenvalue weighted by atomic mass is 10.1. The number of nitrogens with zero attached hydrogens (tertiary/aromatic N) is 2.